The number of nitrogens with one attached hydrogen (secondary N) is 1. The van der Waals surface area contributed by atoms with Crippen molar-refractivity contribution in [2.24, 2.45) is 0 Å². The second-order valence-corrected chi connectivity index (χ2v) is 9.33. The average molecular weight is 389 g/mol. The molecule has 1 atom stereocenters. The Labute approximate surface area is 162 Å². The molecule has 1 aliphatic rings. The zero-order chi connectivity index (χ0) is 19.3. The lowest BCUT2D eigenvalue weighted by atomic mass is 10.2. The van der Waals surface area contributed by atoms with Gasteiger partial charge in [0.15, 0.2) is 15.7 Å². The summed E-state index contributed by atoms with van der Waals surface area (Å²) in [6.07, 6.45) is 4.08. The van der Waals surface area contributed by atoms with Crippen molar-refractivity contribution in [2.75, 3.05) is 35.3 Å². The molecule has 0 aliphatic carbocycles. The lowest BCUT2D eigenvalue weighted by Crippen LogP contribution is -2.33. The minimum Gasteiger partial charge on any atom is -0.370 e. The van der Waals surface area contributed by atoms with Gasteiger partial charge in [-0.1, -0.05) is 50.1 Å². The van der Waals surface area contributed by atoms with E-state index in [0.29, 0.717) is 12.2 Å². The van der Waals surface area contributed by atoms with Crippen LogP contribution in [0.15, 0.2) is 36.4 Å². The lowest BCUT2D eigenvalue weighted by molar-refractivity contribution is 0.600. The number of rotatable bonds is 8. The van der Waals surface area contributed by atoms with Gasteiger partial charge in [-0.05, 0) is 12.8 Å². The van der Waals surface area contributed by atoms with E-state index in [-0.39, 0.29) is 17.5 Å². The van der Waals surface area contributed by atoms with Crippen LogP contribution in [-0.4, -0.2) is 49.5 Å². The molecule has 6 nitrogen and oxygen atoms in total. The van der Waals surface area contributed by atoms with E-state index in [0.717, 1.165) is 30.2 Å². The van der Waals surface area contributed by atoms with Crippen molar-refractivity contribution in [3.8, 4) is 11.4 Å². The molecule has 146 valence electrons. The van der Waals surface area contributed by atoms with E-state index in [2.05, 4.69) is 17.2 Å². The first-order valence-electron chi connectivity index (χ1n) is 9.60. The van der Waals surface area contributed by atoms with Crippen LogP contribution in [0, 0.1) is 0 Å². The predicted octanol–water partition coefficient (Wildman–Crippen LogP) is 3.37. The van der Waals surface area contributed by atoms with Gasteiger partial charge in [0.1, 0.15) is 11.6 Å². The van der Waals surface area contributed by atoms with Gasteiger partial charge in [0.05, 0.1) is 11.5 Å². The van der Waals surface area contributed by atoms with Crippen LogP contribution in [0.4, 0.5) is 11.6 Å². The minimum atomic E-state index is -2.94. The number of aromatic nitrogens is 2. The Morgan fingerprint density at radius 3 is 2.63 bits per heavy atom. The van der Waals surface area contributed by atoms with Gasteiger partial charge in [-0.25, -0.2) is 18.4 Å². The number of anilines is 2. The maximum absolute atomic E-state index is 11.9. The molecule has 3 rings (SSSR count). The van der Waals surface area contributed by atoms with Crippen molar-refractivity contribution in [3.63, 3.8) is 0 Å². The molecule has 1 aromatic carbocycles. The van der Waals surface area contributed by atoms with Gasteiger partial charge in [0.25, 0.3) is 0 Å². The normalized spacial score (nSPS) is 18.4. The van der Waals surface area contributed by atoms with E-state index >= 15 is 0 Å². The summed E-state index contributed by atoms with van der Waals surface area (Å²) in [5.74, 6) is 2.62. The van der Waals surface area contributed by atoms with Crippen LogP contribution in [0.2, 0.25) is 0 Å². The fourth-order valence-corrected chi connectivity index (χ4v) is 5.06. The molecule has 27 heavy (non-hydrogen) atoms. The van der Waals surface area contributed by atoms with Crippen LogP contribution in [-0.2, 0) is 9.84 Å². The zero-order valence-electron chi connectivity index (χ0n) is 16.1. The van der Waals surface area contributed by atoms with Crippen molar-refractivity contribution in [1.82, 2.24) is 9.97 Å². The molecule has 1 saturated heterocycles. The van der Waals surface area contributed by atoms with Gasteiger partial charge in [0.2, 0.25) is 0 Å². The summed E-state index contributed by atoms with van der Waals surface area (Å²) in [4.78, 5) is 11.4. The second-order valence-electron chi connectivity index (χ2n) is 7.10. The van der Waals surface area contributed by atoms with Crippen molar-refractivity contribution < 1.29 is 8.42 Å². The van der Waals surface area contributed by atoms with Crippen LogP contribution in [0.1, 0.15) is 32.6 Å². The molecule has 0 saturated carbocycles. The van der Waals surface area contributed by atoms with Gasteiger partial charge < -0.3 is 10.2 Å². The van der Waals surface area contributed by atoms with Gasteiger partial charge in [-0.2, -0.15) is 0 Å². The number of benzene rings is 1. The summed E-state index contributed by atoms with van der Waals surface area (Å²) in [6.45, 7) is 3.04. The molecule has 0 bridgehead atoms. The Morgan fingerprint density at radius 2 is 1.96 bits per heavy atom. The first-order chi connectivity index (χ1) is 13.0. The molecule has 1 unspecified atom stereocenters. The quantitative estimate of drug-likeness (QED) is 0.699. The maximum Gasteiger partial charge on any atom is 0.163 e. The Bertz CT molecular complexity index is 856. The third-order valence-electron chi connectivity index (χ3n) is 4.95. The molecule has 2 aromatic rings. The Balaban J connectivity index is 1.87. The van der Waals surface area contributed by atoms with Crippen LogP contribution in [0.5, 0.6) is 0 Å². The predicted molar refractivity (Wildman–Crippen MR) is 111 cm³/mol. The summed E-state index contributed by atoms with van der Waals surface area (Å²) in [5, 5.41) is 3.40. The smallest absolute Gasteiger partial charge is 0.163 e. The fraction of sp³-hybridized carbons (Fsp3) is 0.500. The average Bonchev–Trinajstić information content (AvgIpc) is 3.05. The second kappa shape index (κ2) is 8.69. The summed E-state index contributed by atoms with van der Waals surface area (Å²) in [5.41, 5.74) is 0.948. The van der Waals surface area contributed by atoms with E-state index in [1.54, 1.807) is 0 Å². The minimum absolute atomic E-state index is 0.0403. The van der Waals surface area contributed by atoms with Crippen molar-refractivity contribution >= 4 is 21.5 Å². The first-order valence-corrected chi connectivity index (χ1v) is 11.4. The number of nitrogens with zero attached hydrogens (tertiary/aromatic N) is 3. The van der Waals surface area contributed by atoms with E-state index in [1.807, 2.05) is 48.3 Å². The standard InChI is InChI=1S/C20H28N4O2S/c1-3-4-8-12-21-18-14-19(24(2)17-11-13-27(25,26)15-17)23-20(22-18)16-9-6-5-7-10-16/h5-7,9-10,14,17H,3-4,8,11-13,15H2,1-2H3,(H,21,22,23). The molecular formula is C20H28N4O2S. The van der Waals surface area contributed by atoms with Gasteiger partial charge in [-0.3, -0.25) is 0 Å². The van der Waals surface area contributed by atoms with E-state index < -0.39 is 9.84 Å². The molecule has 0 amide bonds. The van der Waals surface area contributed by atoms with Crippen molar-refractivity contribution in [1.29, 1.82) is 0 Å². The van der Waals surface area contributed by atoms with Crippen molar-refractivity contribution in [2.45, 2.75) is 38.6 Å². The highest BCUT2D eigenvalue weighted by Crippen LogP contribution is 2.26. The molecular weight excluding hydrogens is 360 g/mol. The van der Waals surface area contributed by atoms with Crippen molar-refractivity contribution in [3.05, 3.63) is 36.4 Å². The van der Waals surface area contributed by atoms with E-state index in [1.165, 1.54) is 12.8 Å². The topological polar surface area (TPSA) is 75.2 Å². The summed E-state index contributed by atoms with van der Waals surface area (Å²) in [7, 11) is -1.02. The largest absolute Gasteiger partial charge is 0.370 e. The number of hydrogen-bond acceptors (Lipinski definition) is 6. The SMILES string of the molecule is CCCCCNc1cc(N(C)C2CCS(=O)(=O)C2)nc(-c2ccccc2)n1. The van der Waals surface area contributed by atoms with Crippen LogP contribution in [0.3, 0.4) is 0 Å². The summed E-state index contributed by atoms with van der Waals surface area (Å²) >= 11 is 0. The van der Waals surface area contributed by atoms with Gasteiger partial charge in [-0.15, -0.1) is 0 Å². The molecule has 0 spiro atoms. The molecule has 2 heterocycles. The van der Waals surface area contributed by atoms with Crippen LogP contribution >= 0.6 is 0 Å². The highest BCUT2D eigenvalue weighted by Gasteiger charge is 2.31. The number of sulfone groups is 1. The maximum atomic E-state index is 11.9. The summed E-state index contributed by atoms with van der Waals surface area (Å²) < 4.78 is 23.7. The van der Waals surface area contributed by atoms with Gasteiger partial charge >= 0.3 is 0 Å². The highest BCUT2D eigenvalue weighted by atomic mass is 32.2. The Kier molecular flexibility index (Phi) is 6.31. The van der Waals surface area contributed by atoms with E-state index in [9.17, 15) is 8.42 Å². The number of unbranched alkanes of at least 4 members (excludes halogenated alkanes) is 2. The monoisotopic (exact) mass is 388 g/mol. The van der Waals surface area contributed by atoms with Gasteiger partial charge in [0, 0.05) is 31.3 Å². The molecule has 1 fully saturated rings. The molecule has 7 heteroatoms. The fourth-order valence-electron chi connectivity index (χ4n) is 3.28. The van der Waals surface area contributed by atoms with Crippen LogP contribution in [0.25, 0.3) is 11.4 Å². The molecule has 1 aliphatic heterocycles. The third-order valence-corrected chi connectivity index (χ3v) is 6.70. The highest BCUT2D eigenvalue weighted by molar-refractivity contribution is 7.91. The summed E-state index contributed by atoms with van der Waals surface area (Å²) in [6, 6.07) is 11.7. The van der Waals surface area contributed by atoms with Crippen LogP contribution < -0.4 is 10.2 Å². The Morgan fingerprint density at radius 1 is 1.19 bits per heavy atom. The molecule has 1 aromatic heterocycles. The molecule has 0 radical (unpaired) electrons. The van der Waals surface area contributed by atoms with E-state index in [4.69, 9.17) is 4.98 Å². The number of hydrogen-bond donors (Lipinski definition) is 1. The molecule has 1 N–H and O–H groups in total. The third kappa shape index (κ3) is 5.19. The Hall–Kier alpha value is -2.15. The first kappa shape index (κ1) is 19.6. The zero-order valence-corrected chi connectivity index (χ0v) is 16.9. The lowest BCUT2D eigenvalue weighted by Gasteiger charge is -2.25.